The molecule has 0 radical (unpaired) electrons. The van der Waals surface area contributed by atoms with Crippen LogP contribution in [0, 0.1) is 0 Å². The first-order valence-corrected chi connectivity index (χ1v) is 36.1. The van der Waals surface area contributed by atoms with Gasteiger partial charge in [0.05, 0.1) is 0 Å². The smallest absolute Gasteiger partial charge is 0.306 e. The molecule has 0 saturated heterocycles. The summed E-state index contributed by atoms with van der Waals surface area (Å²) in [5.41, 5.74) is 0. The summed E-state index contributed by atoms with van der Waals surface area (Å²) in [6, 6.07) is 0. The molecule has 1 unspecified atom stereocenters. The number of allylic oxidation sites excluding steroid dienone is 14. The summed E-state index contributed by atoms with van der Waals surface area (Å²) in [5.74, 6) is -0.915. The fraction of sp³-hybridized carbons (Fsp3) is 0.779. The van der Waals surface area contributed by atoms with Crippen LogP contribution in [0.5, 0.6) is 0 Å². The molecule has 0 amide bonds. The Bertz CT molecular complexity index is 1570. The molecule has 0 bridgehead atoms. The van der Waals surface area contributed by atoms with Crippen molar-refractivity contribution < 1.29 is 28.6 Å². The third kappa shape index (κ3) is 69.3. The van der Waals surface area contributed by atoms with E-state index in [4.69, 9.17) is 14.2 Å². The topological polar surface area (TPSA) is 78.9 Å². The van der Waals surface area contributed by atoms with Crippen LogP contribution in [-0.4, -0.2) is 37.2 Å². The second kappa shape index (κ2) is 71.1. The third-order valence-corrected chi connectivity index (χ3v) is 15.9. The van der Waals surface area contributed by atoms with Crippen molar-refractivity contribution in [3.63, 3.8) is 0 Å². The normalized spacial score (nSPS) is 12.6. The molecular weight excluding hydrogens is 1020 g/mol. The Morgan fingerprint density at radius 3 is 0.771 bits per heavy atom. The molecule has 6 heteroatoms. The van der Waals surface area contributed by atoms with Crippen molar-refractivity contribution in [3.05, 3.63) is 85.1 Å². The van der Waals surface area contributed by atoms with E-state index in [9.17, 15) is 14.4 Å². The maximum Gasteiger partial charge on any atom is 0.306 e. The first-order chi connectivity index (χ1) is 41.0. The van der Waals surface area contributed by atoms with Gasteiger partial charge in [0.2, 0.25) is 0 Å². The van der Waals surface area contributed by atoms with E-state index in [1.165, 1.54) is 225 Å². The van der Waals surface area contributed by atoms with Gasteiger partial charge in [-0.25, -0.2) is 0 Å². The van der Waals surface area contributed by atoms with Crippen LogP contribution in [0.15, 0.2) is 85.1 Å². The Balaban J connectivity index is 4.19. The van der Waals surface area contributed by atoms with E-state index in [1.54, 1.807) is 0 Å². The molecular formula is C77H136O6. The molecule has 0 aromatic carbocycles. The predicted molar refractivity (Wildman–Crippen MR) is 362 cm³/mol. The summed E-state index contributed by atoms with van der Waals surface area (Å²) in [5, 5.41) is 0. The van der Waals surface area contributed by atoms with E-state index >= 15 is 0 Å². The molecule has 0 N–H and O–H groups in total. The van der Waals surface area contributed by atoms with Crippen molar-refractivity contribution in [1.82, 2.24) is 0 Å². The van der Waals surface area contributed by atoms with Gasteiger partial charge in [0.15, 0.2) is 6.10 Å². The lowest BCUT2D eigenvalue weighted by Gasteiger charge is -2.18. The fourth-order valence-electron chi connectivity index (χ4n) is 10.5. The Morgan fingerprint density at radius 2 is 0.470 bits per heavy atom. The van der Waals surface area contributed by atoms with E-state index in [0.717, 1.165) is 103 Å². The highest BCUT2D eigenvalue weighted by Gasteiger charge is 2.19. The number of unbranched alkanes of at least 4 members (excludes halogenated alkanes) is 41. The summed E-state index contributed by atoms with van der Waals surface area (Å²) >= 11 is 0. The molecule has 0 aliphatic rings. The third-order valence-electron chi connectivity index (χ3n) is 15.9. The summed E-state index contributed by atoms with van der Waals surface area (Å²) < 4.78 is 16.9. The molecule has 0 aromatic heterocycles. The van der Waals surface area contributed by atoms with E-state index in [1.807, 2.05) is 0 Å². The minimum atomic E-state index is -0.798. The minimum Gasteiger partial charge on any atom is -0.462 e. The second-order valence-electron chi connectivity index (χ2n) is 24.1. The van der Waals surface area contributed by atoms with Gasteiger partial charge in [-0.15, -0.1) is 0 Å². The zero-order valence-corrected chi connectivity index (χ0v) is 55.2. The second-order valence-corrected chi connectivity index (χ2v) is 24.1. The number of hydrogen-bond donors (Lipinski definition) is 0. The molecule has 0 aliphatic carbocycles. The van der Waals surface area contributed by atoms with E-state index in [2.05, 4.69) is 106 Å². The highest BCUT2D eigenvalue weighted by Crippen LogP contribution is 2.18. The minimum absolute atomic E-state index is 0.0899. The standard InChI is InChI=1S/C77H136O6/c1-4-7-10-13-16-19-22-25-27-29-31-32-33-34-35-36-37-38-39-40-41-42-43-44-46-47-49-52-55-58-61-64-67-70-76(79)82-73-74(72-81-75(78)69-66-63-60-57-54-51-24-21-18-15-12-9-6-3)83-77(80)71-68-65-62-59-56-53-50-48-45-30-28-26-23-20-17-14-11-8-5-2/h8,11,17,20-21,24,26,28-29,31,45,48,53,56,74H,4-7,9-10,12-16,18-19,22-23,25,27,30,32-44,46-47,49-52,54-55,57-73H2,1-3H3/b11-8-,20-17-,24-21-,28-26-,31-29-,48-45-,56-53-. The van der Waals surface area contributed by atoms with Gasteiger partial charge in [0.25, 0.3) is 0 Å². The lowest BCUT2D eigenvalue weighted by atomic mass is 10.0. The van der Waals surface area contributed by atoms with Gasteiger partial charge in [-0.1, -0.05) is 318 Å². The maximum absolute atomic E-state index is 12.9. The molecule has 6 nitrogen and oxygen atoms in total. The molecule has 83 heavy (non-hydrogen) atoms. The largest absolute Gasteiger partial charge is 0.462 e. The molecule has 480 valence electrons. The average molecular weight is 1160 g/mol. The molecule has 0 heterocycles. The Labute approximate surface area is 515 Å². The summed E-state index contributed by atoms with van der Waals surface area (Å²) in [6.07, 6.45) is 94.9. The zero-order valence-electron chi connectivity index (χ0n) is 55.2. The maximum atomic E-state index is 12.9. The SMILES string of the molecule is CC/C=C\C/C=C\C/C=C\C/C=C\C/C=C\CCCCCC(=O)OC(COC(=O)CCCCCCC/C=C\CCCCCC)COC(=O)CCCCCCCCCCCCCCCCCCCCCCC/C=C\CCCCCCCCCC. The van der Waals surface area contributed by atoms with Gasteiger partial charge < -0.3 is 14.2 Å². The predicted octanol–water partition coefficient (Wildman–Crippen LogP) is 25.0. The van der Waals surface area contributed by atoms with Crippen LogP contribution in [0.2, 0.25) is 0 Å². The fourth-order valence-corrected chi connectivity index (χ4v) is 10.5. The molecule has 0 rings (SSSR count). The monoisotopic (exact) mass is 1160 g/mol. The average Bonchev–Trinajstić information content (AvgIpc) is 3.49. The Hall–Kier alpha value is -3.41. The number of carbonyl (C=O) groups excluding carboxylic acids is 3. The summed E-state index contributed by atoms with van der Waals surface area (Å²) in [6.45, 7) is 6.52. The number of carbonyl (C=O) groups is 3. The van der Waals surface area contributed by atoms with Crippen molar-refractivity contribution in [1.29, 1.82) is 0 Å². The van der Waals surface area contributed by atoms with Crippen LogP contribution in [0.1, 0.15) is 367 Å². The van der Waals surface area contributed by atoms with Crippen LogP contribution in [0.3, 0.4) is 0 Å². The van der Waals surface area contributed by atoms with Gasteiger partial charge in [-0.3, -0.25) is 14.4 Å². The Kier molecular flexibility index (Phi) is 68.2. The molecule has 0 aliphatic heterocycles. The van der Waals surface area contributed by atoms with E-state index in [-0.39, 0.29) is 37.5 Å². The van der Waals surface area contributed by atoms with E-state index in [0.29, 0.717) is 12.8 Å². The van der Waals surface area contributed by atoms with Crippen LogP contribution >= 0.6 is 0 Å². The van der Waals surface area contributed by atoms with Gasteiger partial charge >= 0.3 is 17.9 Å². The lowest BCUT2D eigenvalue weighted by Crippen LogP contribution is -2.30. The molecule has 0 spiro atoms. The van der Waals surface area contributed by atoms with Crippen LogP contribution in [0.4, 0.5) is 0 Å². The van der Waals surface area contributed by atoms with Crippen LogP contribution in [-0.2, 0) is 28.6 Å². The van der Waals surface area contributed by atoms with Crippen molar-refractivity contribution in [3.8, 4) is 0 Å². The summed E-state index contributed by atoms with van der Waals surface area (Å²) in [4.78, 5) is 38.4. The van der Waals surface area contributed by atoms with Crippen molar-refractivity contribution in [2.24, 2.45) is 0 Å². The number of hydrogen-bond acceptors (Lipinski definition) is 6. The van der Waals surface area contributed by atoms with Gasteiger partial charge in [-0.05, 0) is 116 Å². The quantitative estimate of drug-likeness (QED) is 0.0261. The van der Waals surface area contributed by atoms with Gasteiger partial charge in [0.1, 0.15) is 13.2 Å². The zero-order chi connectivity index (χ0) is 59.9. The molecule has 0 aromatic rings. The highest BCUT2D eigenvalue weighted by atomic mass is 16.6. The molecule has 1 atom stereocenters. The highest BCUT2D eigenvalue weighted by molar-refractivity contribution is 5.71. The molecule has 0 saturated carbocycles. The van der Waals surface area contributed by atoms with Crippen LogP contribution in [0.25, 0.3) is 0 Å². The van der Waals surface area contributed by atoms with Crippen molar-refractivity contribution in [2.45, 2.75) is 374 Å². The number of esters is 3. The van der Waals surface area contributed by atoms with Gasteiger partial charge in [0, 0.05) is 19.3 Å². The number of rotatable bonds is 66. The van der Waals surface area contributed by atoms with Crippen molar-refractivity contribution >= 4 is 17.9 Å². The summed E-state index contributed by atoms with van der Waals surface area (Å²) in [7, 11) is 0. The molecule has 0 fully saturated rings. The lowest BCUT2D eigenvalue weighted by molar-refractivity contribution is -0.167. The number of ether oxygens (including phenoxy) is 3. The Morgan fingerprint density at radius 1 is 0.253 bits per heavy atom. The van der Waals surface area contributed by atoms with Gasteiger partial charge in [-0.2, -0.15) is 0 Å². The first kappa shape index (κ1) is 79.6. The van der Waals surface area contributed by atoms with E-state index < -0.39 is 6.10 Å². The first-order valence-electron chi connectivity index (χ1n) is 36.1. The van der Waals surface area contributed by atoms with Crippen molar-refractivity contribution in [2.75, 3.05) is 13.2 Å². The van der Waals surface area contributed by atoms with Crippen LogP contribution < -0.4 is 0 Å².